The van der Waals surface area contributed by atoms with E-state index < -0.39 is 5.60 Å². The van der Waals surface area contributed by atoms with Crippen molar-refractivity contribution in [3.8, 4) is 5.75 Å². The summed E-state index contributed by atoms with van der Waals surface area (Å²) in [6, 6.07) is 11.7. The number of aliphatic hydroxyl groups is 1. The lowest BCUT2D eigenvalue weighted by atomic mass is 10.1. The Balaban J connectivity index is 2.00. The second kappa shape index (κ2) is 6.87. The van der Waals surface area contributed by atoms with Crippen LogP contribution in [-0.4, -0.2) is 42.3 Å². The predicted molar refractivity (Wildman–Crippen MR) is 91.7 cm³/mol. The van der Waals surface area contributed by atoms with Crippen molar-refractivity contribution in [3.05, 3.63) is 42.0 Å². The van der Waals surface area contributed by atoms with Gasteiger partial charge in [-0.2, -0.15) is 0 Å². The molecule has 0 unspecified atom stereocenters. The summed E-state index contributed by atoms with van der Waals surface area (Å²) in [6.07, 6.45) is 0. The fraction of sp³-hybridized carbons (Fsp3) is 0.389. The van der Waals surface area contributed by atoms with Crippen LogP contribution < -0.4 is 10.1 Å². The second-order valence-corrected chi connectivity index (χ2v) is 6.37. The molecule has 0 radical (unpaired) electrons. The number of carbonyl (C=O) groups is 1. The molecule has 0 aliphatic heterocycles. The molecule has 0 heterocycles. The second-order valence-electron chi connectivity index (χ2n) is 6.37. The summed E-state index contributed by atoms with van der Waals surface area (Å²) in [7, 11) is 3.31. The van der Waals surface area contributed by atoms with E-state index in [1.54, 1.807) is 28.0 Å². The maximum absolute atomic E-state index is 12.0. The Morgan fingerprint density at radius 2 is 1.87 bits per heavy atom. The van der Waals surface area contributed by atoms with Crippen LogP contribution in [0.15, 0.2) is 36.4 Å². The number of nitrogens with one attached hydrogen (secondary N) is 1. The third-order valence-corrected chi connectivity index (χ3v) is 3.53. The van der Waals surface area contributed by atoms with Gasteiger partial charge in [0.15, 0.2) is 0 Å². The number of fused-ring (bicyclic) bond motifs is 1. The van der Waals surface area contributed by atoms with Gasteiger partial charge in [0.2, 0.25) is 0 Å². The van der Waals surface area contributed by atoms with E-state index >= 15 is 0 Å². The Bertz CT molecular complexity index is 692. The first-order valence-electron chi connectivity index (χ1n) is 7.56. The predicted octanol–water partition coefficient (Wildman–Crippen LogP) is 2.76. The standard InChI is InChI=1S/C18H24N2O3/c1-18(2,22)12-20(3)17(21)19-11-13-5-6-15-10-16(23-4)8-7-14(15)9-13/h5-10,22H,11-12H2,1-4H3,(H,19,21). The van der Waals surface area contributed by atoms with Crippen molar-refractivity contribution in [3.63, 3.8) is 0 Å². The highest BCUT2D eigenvalue weighted by molar-refractivity contribution is 5.84. The lowest BCUT2D eigenvalue weighted by molar-refractivity contribution is 0.0531. The first-order valence-corrected chi connectivity index (χ1v) is 7.56. The highest BCUT2D eigenvalue weighted by Gasteiger charge is 2.18. The van der Waals surface area contributed by atoms with Gasteiger partial charge in [0.25, 0.3) is 0 Å². The van der Waals surface area contributed by atoms with Gasteiger partial charge in [0.1, 0.15) is 5.75 Å². The van der Waals surface area contributed by atoms with Gasteiger partial charge in [0, 0.05) is 13.6 Å². The number of ether oxygens (including phenoxy) is 1. The minimum absolute atomic E-state index is 0.207. The number of rotatable bonds is 5. The fourth-order valence-corrected chi connectivity index (χ4v) is 2.48. The van der Waals surface area contributed by atoms with E-state index in [9.17, 15) is 9.90 Å². The van der Waals surface area contributed by atoms with Crippen molar-refractivity contribution in [2.75, 3.05) is 20.7 Å². The Labute approximate surface area is 136 Å². The summed E-state index contributed by atoms with van der Waals surface area (Å²) in [5.41, 5.74) is 0.112. The number of carbonyl (C=O) groups excluding carboxylic acids is 1. The van der Waals surface area contributed by atoms with E-state index in [0.29, 0.717) is 6.54 Å². The molecule has 0 fully saturated rings. The molecule has 5 heteroatoms. The van der Waals surface area contributed by atoms with Crippen LogP contribution in [0.3, 0.4) is 0 Å². The molecule has 2 aromatic rings. The monoisotopic (exact) mass is 316 g/mol. The Hall–Kier alpha value is -2.27. The molecule has 0 atom stereocenters. The van der Waals surface area contributed by atoms with Gasteiger partial charge in [-0.3, -0.25) is 0 Å². The molecule has 0 aliphatic rings. The summed E-state index contributed by atoms with van der Waals surface area (Å²) >= 11 is 0. The van der Waals surface area contributed by atoms with E-state index in [2.05, 4.69) is 5.32 Å². The average Bonchev–Trinajstić information content (AvgIpc) is 2.50. The van der Waals surface area contributed by atoms with Gasteiger partial charge in [-0.15, -0.1) is 0 Å². The summed E-state index contributed by atoms with van der Waals surface area (Å²) in [5, 5.41) is 14.8. The lowest BCUT2D eigenvalue weighted by Gasteiger charge is -2.25. The Kier molecular flexibility index (Phi) is 5.11. The molecule has 0 aliphatic carbocycles. The summed E-state index contributed by atoms with van der Waals surface area (Å²) in [6.45, 7) is 4.07. The normalized spacial score (nSPS) is 11.3. The van der Waals surface area contributed by atoms with E-state index in [0.717, 1.165) is 22.1 Å². The van der Waals surface area contributed by atoms with Crippen LogP contribution in [0.1, 0.15) is 19.4 Å². The molecule has 5 nitrogen and oxygen atoms in total. The van der Waals surface area contributed by atoms with Crippen LogP contribution in [0, 0.1) is 0 Å². The van der Waals surface area contributed by atoms with Gasteiger partial charge in [-0.1, -0.05) is 18.2 Å². The number of methoxy groups -OCH3 is 1. The van der Waals surface area contributed by atoms with E-state index in [-0.39, 0.29) is 12.6 Å². The number of urea groups is 1. The van der Waals surface area contributed by atoms with Crippen LogP contribution in [-0.2, 0) is 6.54 Å². The summed E-state index contributed by atoms with van der Waals surface area (Å²) in [5.74, 6) is 0.826. The Morgan fingerprint density at radius 1 is 1.22 bits per heavy atom. The van der Waals surface area contributed by atoms with Crippen LogP contribution in [0.25, 0.3) is 10.8 Å². The number of hydrogen-bond donors (Lipinski definition) is 2. The van der Waals surface area contributed by atoms with Gasteiger partial charge in [-0.25, -0.2) is 4.79 Å². The molecule has 23 heavy (non-hydrogen) atoms. The van der Waals surface area contributed by atoms with Gasteiger partial charge in [0.05, 0.1) is 19.3 Å². The van der Waals surface area contributed by atoms with Crippen molar-refractivity contribution < 1.29 is 14.6 Å². The number of likely N-dealkylation sites (N-methyl/N-ethyl adjacent to an activating group) is 1. The third kappa shape index (κ3) is 4.86. The maximum atomic E-state index is 12.0. The summed E-state index contributed by atoms with van der Waals surface area (Å²) < 4.78 is 5.21. The van der Waals surface area contributed by atoms with Crippen LogP contribution in [0.4, 0.5) is 4.79 Å². The zero-order valence-electron chi connectivity index (χ0n) is 14.1. The van der Waals surface area contributed by atoms with Crippen molar-refractivity contribution in [2.45, 2.75) is 26.0 Å². The molecule has 0 saturated heterocycles. The molecular formula is C18H24N2O3. The minimum Gasteiger partial charge on any atom is -0.497 e. The SMILES string of the molecule is COc1ccc2cc(CNC(=O)N(C)CC(C)(C)O)ccc2c1. The number of hydrogen-bond acceptors (Lipinski definition) is 3. The quantitative estimate of drug-likeness (QED) is 0.891. The number of benzene rings is 2. The zero-order chi connectivity index (χ0) is 17.0. The van der Waals surface area contributed by atoms with Crippen LogP contribution in [0.2, 0.25) is 0 Å². The molecule has 0 spiro atoms. The van der Waals surface area contributed by atoms with Crippen molar-refractivity contribution in [2.24, 2.45) is 0 Å². The smallest absolute Gasteiger partial charge is 0.317 e. The molecular weight excluding hydrogens is 292 g/mol. The topological polar surface area (TPSA) is 61.8 Å². The fourth-order valence-electron chi connectivity index (χ4n) is 2.48. The average molecular weight is 316 g/mol. The van der Waals surface area contributed by atoms with Crippen molar-refractivity contribution in [1.82, 2.24) is 10.2 Å². The number of nitrogens with zero attached hydrogens (tertiary/aromatic N) is 1. The largest absolute Gasteiger partial charge is 0.497 e. The molecule has 124 valence electrons. The van der Waals surface area contributed by atoms with Crippen molar-refractivity contribution >= 4 is 16.8 Å². The number of amides is 2. The maximum Gasteiger partial charge on any atom is 0.317 e. The molecule has 2 amide bonds. The van der Waals surface area contributed by atoms with Crippen molar-refractivity contribution in [1.29, 1.82) is 0 Å². The molecule has 2 aromatic carbocycles. The minimum atomic E-state index is -0.909. The molecule has 0 bridgehead atoms. The van der Waals surface area contributed by atoms with E-state index in [4.69, 9.17) is 4.74 Å². The molecule has 2 N–H and O–H groups in total. The molecule has 0 saturated carbocycles. The van der Waals surface area contributed by atoms with Crippen LogP contribution >= 0.6 is 0 Å². The van der Waals surface area contributed by atoms with Gasteiger partial charge >= 0.3 is 6.03 Å². The van der Waals surface area contributed by atoms with E-state index in [1.807, 2.05) is 36.4 Å². The Morgan fingerprint density at radius 3 is 2.52 bits per heavy atom. The lowest BCUT2D eigenvalue weighted by Crippen LogP contribution is -2.44. The first kappa shape index (κ1) is 17.1. The van der Waals surface area contributed by atoms with Gasteiger partial charge < -0.3 is 20.1 Å². The summed E-state index contributed by atoms with van der Waals surface area (Å²) in [4.78, 5) is 13.5. The van der Waals surface area contributed by atoms with E-state index in [1.165, 1.54) is 4.90 Å². The highest BCUT2D eigenvalue weighted by Crippen LogP contribution is 2.21. The third-order valence-electron chi connectivity index (χ3n) is 3.53. The molecule has 0 aromatic heterocycles. The zero-order valence-corrected chi connectivity index (χ0v) is 14.1. The molecule has 2 rings (SSSR count). The van der Waals surface area contributed by atoms with Gasteiger partial charge in [-0.05, 0) is 48.4 Å². The first-order chi connectivity index (χ1) is 10.8. The van der Waals surface area contributed by atoms with Crippen LogP contribution in [0.5, 0.6) is 5.75 Å². The highest BCUT2D eigenvalue weighted by atomic mass is 16.5.